The highest BCUT2D eigenvalue weighted by molar-refractivity contribution is 6.03. The highest BCUT2D eigenvalue weighted by Crippen LogP contribution is 2.22. The molecule has 1 amide bonds. The first-order valence-electron chi connectivity index (χ1n) is 8.60. The number of amides is 1. The molecule has 0 spiro atoms. The van der Waals surface area contributed by atoms with E-state index in [9.17, 15) is 4.79 Å². The molecule has 1 heterocycles. The van der Waals surface area contributed by atoms with Crippen LogP contribution in [-0.2, 0) is 6.42 Å². The van der Waals surface area contributed by atoms with Gasteiger partial charge in [0, 0.05) is 17.6 Å². The average Bonchev–Trinajstić information content (AvgIpc) is 2.70. The van der Waals surface area contributed by atoms with Gasteiger partial charge in [-0.05, 0) is 54.8 Å². The van der Waals surface area contributed by atoms with E-state index >= 15 is 0 Å². The van der Waals surface area contributed by atoms with Crippen LogP contribution in [0.5, 0.6) is 0 Å². The minimum absolute atomic E-state index is 0.270. The second-order valence-electron chi connectivity index (χ2n) is 6.00. The van der Waals surface area contributed by atoms with Gasteiger partial charge in [-0.15, -0.1) is 0 Å². The lowest BCUT2D eigenvalue weighted by molar-refractivity contribution is 0.102. The van der Waals surface area contributed by atoms with Crippen LogP contribution >= 0.6 is 0 Å². The Bertz CT molecular complexity index is 1010. The number of aromatic nitrogens is 2. The van der Waals surface area contributed by atoms with Crippen LogP contribution < -0.4 is 10.6 Å². The standard InChI is InChI=1S/C21H19N5O/c1-3-16-6-4-5-14(2)19(16)26-20(27)18-11-12-23-21(25-18)24-17-9-7-15(13-22)8-10-17/h4-12H,3H2,1-2H3,(H,26,27)(H,23,24,25). The Hall–Kier alpha value is -3.72. The highest BCUT2D eigenvalue weighted by Gasteiger charge is 2.13. The molecule has 0 radical (unpaired) electrons. The smallest absolute Gasteiger partial charge is 0.274 e. The SMILES string of the molecule is CCc1cccc(C)c1NC(=O)c1ccnc(Nc2ccc(C#N)cc2)n1. The fourth-order valence-electron chi connectivity index (χ4n) is 2.68. The molecule has 0 atom stereocenters. The number of nitrogens with one attached hydrogen (secondary N) is 2. The number of nitriles is 1. The van der Waals surface area contributed by atoms with Crippen molar-refractivity contribution in [2.45, 2.75) is 20.3 Å². The van der Waals surface area contributed by atoms with Crippen molar-refractivity contribution in [1.82, 2.24) is 9.97 Å². The molecule has 1 aromatic heterocycles. The Morgan fingerprint density at radius 1 is 1.15 bits per heavy atom. The van der Waals surface area contributed by atoms with E-state index in [0.29, 0.717) is 11.5 Å². The number of aryl methyl sites for hydroxylation is 2. The lowest BCUT2D eigenvalue weighted by atomic mass is 10.1. The van der Waals surface area contributed by atoms with E-state index in [4.69, 9.17) is 5.26 Å². The van der Waals surface area contributed by atoms with E-state index in [1.54, 1.807) is 30.3 Å². The summed E-state index contributed by atoms with van der Waals surface area (Å²) < 4.78 is 0. The van der Waals surface area contributed by atoms with Gasteiger partial charge in [0.2, 0.25) is 5.95 Å². The molecule has 0 aliphatic heterocycles. The quantitative estimate of drug-likeness (QED) is 0.713. The van der Waals surface area contributed by atoms with Crippen LogP contribution in [0.25, 0.3) is 0 Å². The number of nitrogens with zero attached hydrogens (tertiary/aromatic N) is 3. The molecule has 134 valence electrons. The van der Waals surface area contributed by atoms with Crippen LogP contribution in [-0.4, -0.2) is 15.9 Å². The van der Waals surface area contributed by atoms with Crippen molar-refractivity contribution in [1.29, 1.82) is 5.26 Å². The van der Waals surface area contributed by atoms with Gasteiger partial charge in [0.05, 0.1) is 11.6 Å². The van der Waals surface area contributed by atoms with Crippen LogP contribution in [0.15, 0.2) is 54.7 Å². The van der Waals surface area contributed by atoms with Crippen LogP contribution in [0.2, 0.25) is 0 Å². The predicted octanol–water partition coefficient (Wildman–Crippen LogP) is 4.22. The molecule has 0 saturated carbocycles. The molecule has 6 nitrogen and oxygen atoms in total. The van der Waals surface area contributed by atoms with Gasteiger partial charge in [-0.25, -0.2) is 9.97 Å². The molecular formula is C21H19N5O. The fourth-order valence-corrected chi connectivity index (χ4v) is 2.68. The third-order valence-corrected chi connectivity index (χ3v) is 4.14. The third kappa shape index (κ3) is 4.28. The Balaban J connectivity index is 1.79. The van der Waals surface area contributed by atoms with Crippen molar-refractivity contribution in [2.24, 2.45) is 0 Å². The van der Waals surface area contributed by atoms with E-state index in [1.165, 1.54) is 6.20 Å². The van der Waals surface area contributed by atoms with Gasteiger partial charge in [0.25, 0.3) is 5.91 Å². The van der Waals surface area contributed by atoms with Crippen LogP contribution in [0.3, 0.4) is 0 Å². The van der Waals surface area contributed by atoms with Gasteiger partial charge in [-0.2, -0.15) is 5.26 Å². The summed E-state index contributed by atoms with van der Waals surface area (Å²) >= 11 is 0. The number of hydrogen-bond acceptors (Lipinski definition) is 5. The van der Waals surface area contributed by atoms with E-state index in [2.05, 4.69) is 33.6 Å². The minimum Gasteiger partial charge on any atom is -0.324 e. The van der Waals surface area contributed by atoms with Crippen molar-refractivity contribution < 1.29 is 4.79 Å². The second-order valence-corrected chi connectivity index (χ2v) is 6.00. The number of rotatable bonds is 5. The summed E-state index contributed by atoms with van der Waals surface area (Å²) in [5, 5.41) is 14.8. The number of carbonyl (C=O) groups excluding carboxylic acids is 1. The average molecular weight is 357 g/mol. The van der Waals surface area contributed by atoms with Gasteiger partial charge >= 0.3 is 0 Å². The lowest BCUT2D eigenvalue weighted by Gasteiger charge is -2.13. The summed E-state index contributed by atoms with van der Waals surface area (Å²) in [4.78, 5) is 21.1. The molecule has 0 aliphatic rings. The maximum Gasteiger partial charge on any atom is 0.274 e. The maximum absolute atomic E-state index is 12.7. The topological polar surface area (TPSA) is 90.7 Å². The van der Waals surface area contributed by atoms with Crippen molar-refractivity contribution in [3.63, 3.8) is 0 Å². The third-order valence-electron chi connectivity index (χ3n) is 4.14. The highest BCUT2D eigenvalue weighted by atomic mass is 16.1. The van der Waals surface area contributed by atoms with Gasteiger partial charge < -0.3 is 10.6 Å². The summed E-state index contributed by atoms with van der Waals surface area (Å²) in [6.45, 7) is 4.02. The van der Waals surface area contributed by atoms with Gasteiger partial charge in [0.15, 0.2) is 0 Å². The first-order valence-corrected chi connectivity index (χ1v) is 8.60. The summed E-state index contributed by atoms with van der Waals surface area (Å²) in [7, 11) is 0. The molecule has 6 heteroatoms. The van der Waals surface area contributed by atoms with Gasteiger partial charge in [-0.1, -0.05) is 25.1 Å². The van der Waals surface area contributed by atoms with Crippen LogP contribution in [0, 0.1) is 18.3 Å². The molecule has 3 aromatic rings. The molecular weight excluding hydrogens is 338 g/mol. The zero-order valence-electron chi connectivity index (χ0n) is 15.2. The van der Waals surface area contributed by atoms with Gasteiger partial charge in [-0.3, -0.25) is 4.79 Å². The number of para-hydroxylation sites is 1. The Morgan fingerprint density at radius 2 is 1.93 bits per heavy atom. The van der Waals surface area contributed by atoms with Gasteiger partial charge in [0.1, 0.15) is 5.69 Å². The molecule has 27 heavy (non-hydrogen) atoms. The summed E-state index contributed by atoms with van der Waals surface area (Å²) in [5.74, 6) is 0.0251. The molecule has 0 saturated heterocycles. The largest absolute Gasteiger partial charge is 0.324 e. The van der Waals surface area contributed by atoms with E-state index in [0.717, 1.165) is 28.9 Å². The van der Waals surface area contributed by atoms with Crippen LogP contribution in [0.4, 0.5) is 17.3 Å². The minimum atomic E-state index is -0.288. The Kier molecular flexibility index (Phi) is 5.43. The fraction of sp³-hybridized carbons (Fsp3) is 0.143. The summed E-state index contributed by atoms with van der Waals surface area (Å²) in [6, 6.07) is 16.5. The lowest BCUT2D eigenvalue weighted by Crippen LogP contribution is -2.16. The van der Waals surface area contributed by atoms with E-state index < -0.39 is 0 Å². The molecule has 2 aromatic carbocycles. The van der Waals surface area contributed by atoms with Crippen LogP contribution in [0.1, 0.15) is 34.1 Å². The number of hydrogen-bond donors (Lipinski definition) is 2. The molecule has 0 bridgehead atoms. The normalized spacial score (nSPS) is 10.1. The predicted molar refractivity (Wildman–Crippen MR) is 105 cm³/mol. The second kappa shape index (κ2) is 8.11. The number of anilines is 3. The number of benzene rings is 2. The molecule has 0 aliphatic carbocycles. The summed E-state index contributed by atoms with van der Waals surface area (Å²) in [5.41, 5.74) is 4.48. The number of carbonyl (C=O) groups is 1. The first kappa shape index (κ1) is 18.1. The van der Waals surface area contributed by atoms with Crippen molar-refractivity contribution in [2.75, 3.05) is 10.6 Å². The Labute approximate surface area is 157 Å². The molecule has 0 unspecified atom stereocenters. The maximum atomic E-state index is 12.7. The summed E-state index contributed by atoms with van der Waals surface area (Å²) in [6.07, 6.45) is 2.36. The van der Waals surface area contributed by atoms with Crippen molar-refractivity contribution >= 4 is 23.2 Å². The zero-order valence-corrected chi connectivity index (χ0v) is 15.2. The van der Waals surface area contributed by atoms with Crippen molar-refractivity contribution in [3.8, 4) is 6.07 Å². The van der Waals surface area contributed by atoms with E-state index in [-0.39, 0.29) is 11.6 Å². The monoisotopic (exact) mass is 357 g/mol. The molecule has 2 N–H and O–H groups in total. The van der Waals surface area contributed by atoms with E-state index in [1.807, 2.05) is 25.1 Å². The molecule has 3 rings (SSSR count). The van der Waals surface area contributed by atoms with Crippen molar-refractivity contribution in [3.05, 3.63) is 77.1 Å². The molecule has 0 fully saturated rings. The zero-order chi connectivity index (χ0) is 19.2. The first-order chi connectivity index (χ1) is 13.1. The Morgan fingerprint density at radius 3 is 2.63 bits per heavy atom.